The smallest absolute Gasteiger partial charge is 0.165 e. The number of fused-ring (bicyclic) bond motifs is 1. The molecule has 4 nitrogen and oxygen atoms in total. The van der Waals surface area contributed by atoms with E-state index in [9.17, 15) is 0 Å². The number of likely N-dealkylation sites (tertiary alicyclic amines) is 1. The van der Waals surface area contributed by atoms with Crippen molar-refractivity contribution in [3.8, 4) is 5.00 Å². The number of rotatable bonds is 3. The second-order valence-electron chi connectivity index (χ2n) is 5.39. The summed E-state index contributed by atoms with van der Waals surface area (Å²) in [6, 6.07) is 8.66. The predicted molar refractivity (Wildman–Crippen MR) is 86.0 cm³/mol. The van der Waals surface area contributed by atoms with Crippen LogP contribution in [0.1, 0.15) is 31.6 Å². The predicted octanol–water partition coefficient (Wildman–Crippen LogP) is 3.64. The normalized spacial score (nSPS) is 19.6. The maximum absolute atomic E-state index is 4.91. The molecule has 1 saturated heterocycles. The van der Waals surface area contributed by atoms with E-state index in [-0.39, 0.29) is 0 Å². The zero-order valence-electron chi connectivity index (χ0n) is 12.1. The molecule has 0 aliphatic carbocycles. The monoisotopic (exact) mass is 298 g/mol. The fraction of sp³-hybridized carbons (Fsp3) is 0.375. The first-order valence-electron chi connectivity index (χ1n) is 7.50. The van der Waals surface area contributed by atoms with Crippen LogP contribution in [0.2, 0.25) is 0 Å². The van der Waals surface area contributed by atoms with Gasteiger partial charge in [-0.05, 0) is 55.6 Å². The summed E-state index contributed by atoms with van der Waals surface area (Å²) in [6.45, 7) is 4.47. The average Bonchev–Trinajstić information content (AvgIpc) is 3.24. The van der Waals surface area contributed by atoms with Crippen molar-refractivity contribution >= 4 is 22.5 Å². The van der Waals surface area contributed by atoms with Crippen molar-refractivity contribution in [2.24, 2.45) is 0 Å². The molecule has 0 saturated carbocycles. The molecule has 0 aromatic carbocycles. The van der Waals surface area contributed by atoms with E-state index in [1.807, 2.05) is 12.3 Å². The summed E-state index contributed by atoms with van der Waals surface area (Å²) in [5.41, 5.74) is 1.96. The molecule has 4 rings (SSSR count). The average molecular weight is 298 g/mol. The van der Waals surface area contributed by atoms with Crippen molar-refractivity contribution in [3.05, 3.63) is 41.7 Å². The Morgan fingerprint density at radius 1 is 1.33 bits per heavy atom. The van der Waals surface area contributed by atoms with Crippen molar-refractivity contribution < 1.29 is 0 Å². The van der Waals surface area contributed by atoms with E-state index in [0.29, 0.717) is 6.04 Å². The third-order valence-electron chi connectivity index (χ3n) is 4.24. The molecule has 1 aliphatic rings. The number of imidazole rings is 1. The first-order chi connectivity index (χ1) is 10.4. The molecule has 1 atom stereocenters. The van der Waals surface area contributed by atoms with Gasteiger partial charge in [0, 0.05) is 6.20 Å². The van der Waals surface area contributed by atoms with Crippen molar-refractivity contribution in [3.63, 3.8) is 0 Å². The fourth-order valence-electron chi connectivity index (χ4n) is 3.26. The number of aromatic nitrogens is 3. The summed E-state index contributed by atoms with van der Waals surface area (Å²) in [5.74, 6) is 1.14. The zero-order valence-corrected chi connectivity index (χ0v) is 12.9. The number of hydrogen-bond donors (Lipinski definition) is 0. The van der Waals surface area contributed by atoms with E-state index >= 15 is 0 Å². The Morgan fingerprint density at radius 2 is 2.29 bits per heavy atom. The van der Waals surface area contributed by atoms with Gasteiger partial charge in [0.05, 0.1) is 6.04 Å². The van der Waals surface area contributed by atoms with Gasteiger partial charge in [0.1, 0.15) is 16.3 Å². The van der Waals surface area contributed by atoms with Crippen LogP contribution in [0.5, 0.6) is 0 Å². The lowest BCUT2D eigenvalue weighted by Gasteiger charge is -2.22. The number of nitrogens with zero attached hydrogens (tertiary/aromatic N) is 4. The van der Waals surface area contributed by atoms with Gasteiger partial charge in [-0.15, -0.1) is 11.3 Å². The van der Waals surface area contributed by atoms with E-state index < -0.39 is 0 Å². The summed E-state index contributed by atoms with van der Waals surface area (Å²) in [6.07, 6.45) is 4.28. The zero-order chi connectivity index (χ0) is 14.2. The van der Waals surface area contributed by atoms with Crippen LogP contribution >= 0.6 is 11.3 Å². The Kier molecular flexibility index (Phi) is 3.24. The van der Waals surface area contributed by atoms with Crippen LogP contribution in [0, 0.1) is 0 Å². The van der Waals surface area contributed by atoms with Crippen LogP contribution in [0.3, 0.4) is 0 Å². The molecule has 5 heteroatoms. The molecule has 21 heavy (non-hydrogen) atoms. The molecule has 0 amide bonds. The molecule has 0 spiro atoms. The lowest BCUT2D eigenvalue weighted by molar-refractivity contribution is 0.261. The van der Waals surface area contributed by atoms with Crippen molar-refractivity contribution in [2.75, 3.05) is 13.1 Å². The summed E-state index contributed by atoms with van der Waals surface area (Å²) in [5, 5.41) is 3.31. The van der Waals surface area contributed by atoms with Gasteiger partial charge >= 0.3 is 0 Å². The molecule has 0 N–H and O–H groups in total. The van der Waals surface area contributed by atoms with Gasteiger partial charge in [-0.25, -0.2) is 9.97 Å². The van der Waals surface area contributed by atoms with Crippen LogP contribution in [-0.2, 0) is 0 Å². The maximum Gasteiger partial charge on any atom is 0.165 e. The molecule has 108 valence electrons. The van der Waals surface area contributed by atoms with E-state index in [2.05, 4.69) is 45.0 Å². The Bertz CT molecular complexity index is 747. The highest BCUT2D eigenvalue weighted by Gasteiger charge is 2.30. The van der Waals surface area contributed by atoms with E-state index in [1.54, 1.807) is 11.3 Å². The van der Waals surface area contributed by atoms with Gasteiger partial charge in [0.2, 0.25) is 0 Å². The first kappa shape index (κ1) is 13.0. The SMILES string of the molecule is CCN1CCCC1c1nc2cccnc2n1-c1cccs1. The van der Waals surface area contributed by atoms with Crippen LogP contribution in [0.25, 0.3) is 16.2 Å². The van der Waals surface area contributed by atoms with E-state index in [0.717, 1.165) is 23.5 Å². The van der Waals surface area contributed by atoms with Crippen molar-refractivity contribution in [1.29, 1.82) is 0 Å². The van der Waals surface area contributed by atoms with Crippen LogP contribution in [-0.4, -0.2) is 32.5 Å². The minimum Gasteiger partial charge on any atom is -0.294 e. The van der Waals surface area contributed by atoms with Crippen molar-refractivity contribution in [1.82, 2.24) is 19.4 Å². The molecule has 4 heterocycles. The minimum absolute atomic E-state index is 0.409. The largest absolute Gasteiger partial charge is 0.294 e. The summed E-state index contributed by atoms with van der Waals surface area (Å²) >= 11 is 1.74. The number of pyridine rings is 1. The van der Waals surface area contributed by atoms with Crippen LogP contribution in [0.4, 0.5) is 0 Å². The first-order valence-corrected chi connectivity index (χ1v) is 8.37. The minimum atomic E-state index is 0.409. The molecule has 1 fully saturated rings. The van der Waals surface area contributed by atoms with Crippen LogP contribution < -0.4 is 0 Å². The molecule has 0 radical (unpaired) electrons. The molecule has 3 aromatic rings. The summed E-state index contributed by atoms with van der Waals surface area (Å²) < 4.78 is 2.25. The second-order valence-corrected chi connectivity index (χ2v) is 6.32. The highest BCUT2D eigenvalue weighted by Crippen LogP contribution is 2.35. The van der Waals surface area contributed by atoms with Gasteiger partial charge in [0.25, 0.3) is 0 Å². The van der Waals surface area contributed by atoms with Gasteiger partial charge in [-0.1, -0.05) is 6.92 Å². The van der Waals surface area contributed by atoms with Gasteiger partial charge in [0.15, 0.2) is 5.65 Å². The topological polar surface area (TPSA) is 34.0 Å². The third-order valence-corrected chi connectivity index (χ3v) is 5.09. The van der Waals surface area contributed by atoms with Crippen molar-refractivity contribution in [2.45, 2.75) is 25.8 Å². The molecular formula is C16H18N4S. The lowest BCUT2D eigenvalue weighted by Crippen LogP contribution is -2.24. The third kappa shape index (κ3) is 2.08. The quantitative estimate of drug-likeness (QED) is 0.740. The Balaban J connectivity index is 1.94. The van der Waals surface area contributed by atoms with Gasteiger partial charge in [-0.3, -0.25) is 9.47 Å². The number of thiophene rings is 1. The van der Waals surface area contributed by atoms with Gasteiger partial charge < -0.3 is 0 Å². The fourth-order valence-corrected chi connectivity index (χ4v) is 4.00. The Hall–Kier alpha value is -1.72. The summed E-state index contributed by atoms with van der Waals surface area (Å²) in [4.78, 5) is 12.0. The molecule has 1 unspecified atom stereocenters. The summed E-state index contributed by atoms with van der Waals surface area (Å²) in [7, 11) is 0. The standard InChI is InChI=1S/C16H18N4S/c1-2-19-10-4-7-13(19)16-18-12-6-3-9-17-15(12)20(16)14-8-5-11-21-14/h3,5-6,8-9,11,13H,2,4,7,10H2,1H3. The Labute approximate surface area is 128 Å². The second kappa shape index (κ2) is 5.24. The molecule has 1 aliphatic heterocycles. The highest BCUT2D eigenvalue weighted by atomic mass is 32.1. The molecule has 3 aromatic heterocycles. The maximum atomic E-state index is 4.91. The lowest BCUT2D eigenvalue weighted by atomic mass is 10.2. The highest BCUT2D eigenvalue weighted by molar-refractivity contribution is 7.12. The molecular weight excluding hydrogens is 280 g/mol. The number of hydrogen-bond acceptors (Lipinski definition) is 4. The van der Waals surface area contributed by atoms with E-state index in [4.69, 9.17) is 4.98 Å². The van der Waals surface area contributed by atoms with E-state index in [1.165, 1.54) is 24.4 Å². The van der Waals surface area contributed by atoms with Gasteiger partial charge in [-0.2, -0.15) is 0 Å². The van der Waals surface area contributed by atoms with Crippen LogP contribution in [0.15, 0.2) is 35.8 Å². The Morgan fingerprint density at radius 3 is 3.10 bits per heavy atom. The molecule has 0 bridgehead atoms.